The molecule has 11 nitrogen and oxygen atoms in total. The van der Waals surface area contributed by atoms with Crippen molar-refractivity contribution in [3.63, 3.8) is 0 Å². The molecule has 36 heavy (non-hydrogen) atoms. The molecule has 0 radical (unpaired) electrons. The van der Waals surface area contributed by atoms with Crippen molar-refractivity contribution >= 4 is 11.8 Å². The van der Waals surface area contributed by atoms with Gasteiger partial charge in [0.15, 0.2) is 17.3 Å². The topological polar surface area (TPSA) is 135 Å². The molecule has 186 valence electrons. The molecule has 0 aliphatic carbocycles. The number of pyridine rings is 1. The number of ether oxygens (including phenoxy) is 3. The normalized spacial score (nSPS) is 12.5. The largest absolute Gasteiger partial charge is 0.493 e. The second kappa shape index (κ2) is 10.1. The van der Waals surface area contributed by atoms with Crippen LogP contribution in [0.2, 0.25) is 0 Å². The van der Waals surface area contributed by atoms with Crippen LogP contribution >= 0.6 is 0 Å². The van der Waals surface area contributed by atoms with Crippen LogP contribution in [-0.4, -0.2) is 50.5 Å². The molecule has 0 atom stereocenters. The van der Waals surface area contributed by atoms with E-state index in [9.17, 15) is 0 Å². The van der Waals surface area contributed by atoms with E-state index in [-0.39, 0.29) is 12.6 Å². The fraction of sp³-hybridized carbons (Fsp3) is 0.320. The van der Waals surface area contributed by atoms with Gasteiger partial charge in [-0.25, -0.2) is 9.97 Å². The highest BCUT2D eigenvalue weighted by Crippen LogP contribution is 2.29. The van der Waals surface area contributed by atoms with Gasteiger partial charge in [-0.15, -0.1) is 5.10 Å². The molecular formula is C25H28N8O3. The molecule has 1 aliphatic heterocycles. The Morgan fingerprint density at radius 1 is 1.00 bits per heavy atom. The first kappa shape index (κ1) is 23.3. The van der Waals surface area contributed by atoms with Crippen molar-refractivity contribution in [2.24, 2.45) is 0 Å². The second-order valence-electron chi connectivity index (χ2n) is 8.41. The molecule has 0 amide bonds. The fourth-order valence-electron chi connectivity index (χ4n) is 4.14. The summed E-state index contributed by atoms with van der Waals surface area (Å²) in [6.45, 7) is 3.01. The number of aromatic nitrogens is 6. The molecule has 0 fully saturated rings. The van der Waals surface area contributed by atoms with Crippen molar-refractivity contribution in [3.05, 3.63) is 64.9 Å². The predicted octanol–water partition coefficient (Wildman–Crippen LogP) is 2.89. The first-order chi connectivity index (χ1) is 17.5. The van der Waals surface area contributed by atoms with Gasteiger partial charge in [-0.05, 0) is 49.1 Å². The number of hydrogen-bond donors (Lipinski definition) is 2. The van der Waals surface area contributed by atoms with Crippen LogP contribution in [0.4, 0.5) is 11.8 Å². The van der Waals surface area contributed by atoms with Gasteiger partial charge >= 0.3 is 0 Å². The van der Waals surface area contributed by atoms with Crippen molar-refractivity contribution < 1.29 is 14.2 Å². The van der Waals surface area contributed by atoms with Gasteiger partial charge in [-0.1, -0.05) is 12.1 Å². The summed E-state index contributed by atoms with van der Waals surface area (Å²) < 4.78 is 18.3. The molecule has 0 bridgehead atoms. The summed E-state index contributed by atoms with van der Waals surface area (Å²) in [4.78, 5) is 18.1. The third kappa shape index (κ3) is 4.99. The smallest absolute Gasteiger partial charge is 0.240 e. The van der Waals surface area contributed by atoms with Gasteiger partial charge in [0.1, 0.15) is 24.1 Å². The third-order valence-corrected chi connectivity index (χ3v) is 5.84. The number of anilines is 2. The summed E-state index contributed by atoms with van der Waals surface area (Å²) in [7, 11) is 3.20. The lowest BCUT2D eigenvalue weighted by molar-refractivity contribution is 0.288. The van der Waals surface area contributed by atoms with Gasteiger partial charge in [0.2, 0.25) is 11.8 Å². The van der Waals surface area contributed by atoms with Crippen LogP contribution in [0, 0.1) is 6.92 Å². The highest BCUT2D eigenvalue weighted by atomic mass is 16.5. The number of aryl methyl sites for hydroxylation is 2. The van der Waals surface area contributed by atoms with Gasteiger partial charge in [0.05, 0.1) is 19.9 Å². The molecule has 3 aromatic heterocycles. The van der Waals surface area contributed by atoms with Crippen molar-refractivity contribution in [2.75, 3.05) is 31.8 Å². The van der Waals surface area contributed by atoms with E-state index in [1.54, 1.807) is 31.9 Å². The van der Waals surface area contributed by atoms with E-state index in [1.807, 2.05) is 24.3 Å². The third-order valence-electron chi connectivity index (χ3n) is 5.84. The number of fused-ring (bicyclic) bond motifs is 1. The number of nitrogens with zero attached hydrogens (tertiary/aromatic N) is 6. The Balaban J connectivity index is 1.38. The van der Waals surface area contributed by atoms with Crippen LogP contribution in [0.1, 0.15) is 34.9 Å². The molecule has 0 spiro atoms. The van der Waals surface area contributed by atoms with Crippen LogP contribution in [0.25, 0.3) is 5.82 Å². The molecule has 4 aromatic rings. The van der Waals surface area contributed by atoms with Gasteiger partial charge in [0.25, 0.3) is 0 Å². The molecule has 11 heteroatoms. The molecule has 0 unspecified atom stereocenters. The van der Waals surface area contributed by atoms with E-state index < -0.39 is 0 Å². The average molecular weight is 489 g/mol. The average Bonchev–Trinajstić information content (AvgIpc) is 3.26. The zero-order valence-corrected chi connectivity index (χ0v) is 20.5. The van der Waals surface area contributed by atoms with Crippen LogP contribution in [0.15, 0.2) is 36.4 Å². The maximum atomic E-state index is 5.98. The van der Waals surface area contributed by atoms with E-state index in [0.29, 0.717) is 41.3 Å². The van der Waals surface area contributed by atoms with E-state index in [4.69, 9.17) is 19.9 Å². The Hall–Kier alpha value is -4.41. The van der Waals surface area contributed by atoms with Crippen molar-refractivity contribution in [2.45, 2.75) is 32.8 Å². The zero-order valence-electron chi connectivity index (χ0n) is 20.5. The lowest BCUT2D eigenvalue weighted by Crippen LogP contribution is -2.14. The fourth-order valence-corrected chi connectivity index (χ4v) is 4.14. The number of methoxy groups -OCH3 is 2. The lowest BCUT2D eigenvalue weighted by Gasteiger charge is -2.17. The van der Waals surface area contributed by atoms with Gasteiger partial charge in [-0.3, -0.25) is 0 Å². The van der Waals surface area contributed by atoms with Gasteiger partial charge in [-0.2, -0.15) is 14.6 Å². The van der Waals surface area contributed by atoms with Crippen LogP contribution in [0.5, 0.6) is 17.4 Å². The van der Waals surface area contributed by atoms with Crippen molar-refractivity contribution in [1.29, 1.82) is 0 Å². The minimum absolute atomic E-state index is 0.148. The highest BCUT2D eigenvalue weighted by molar-refractivity contribution is 5.47. The summed E-state index contributed by atoms with van der Waals surface area (Å²) in [6, 6.07) is 11.5. The molecule has 4 heterocycles. The number of hydrogen-bond acceptors (Lipinski definition) is 10. The number of benzene rings is 1. The number of nitrogens with one attached hydrogen (secondary N) is 1. The first-order valence-corrected chi connectivity index (χ1v) is 11.7. The Kier molecular flexibility index (Phi) is 6.52. The van der Waals surface area contributed by atoms with Crippen molar-refractivity contribution in [1.82, 2.24) is 29.7 Å². The second-order valence-corrected chi connectivity index (χ2v) is 8.41. The quantitative estimate of drug-likeness (QED) is 0.381. The zero-order chi connectivity index (χ0) is 25.1. The lowest BCUT2D eigenvalue weighted by atomic mass is 10.1. The highest BCUT2D eigenvalue weighted by Gasteiger charge is 2.16. The van der Waals surface area contributed by atoms with Gasteiger partial charge in [0, 0.05) is 19.0 Å². The Morgan fingerprint density at radius 3 is 2.69 bits per heavy atom. The van der Waals surface area contributed by atoms with Gasteiger partial charge < -0.3 is 25.3 Å². The SMILES string of the molecule is COc1ccc(Cc2nc(N)nn2-c2cc(OCc3ccc4c(n3)NCCC4)nc(C)n2)cc1OC. The molecule has 1 aromatic carbocycles. The molecule has 0 saturated carbocycles. The van der Waals surface area contributed by atoms with Crippen LogP contribution in [0.3, 0.4) is 0 Å². The maximum Gasteiger partial charge on any atom is 0.240 e. The summed E-state index contributed by atoms with van der Waals surface area (Å²) in [6.07, 6.45) is 2.61. The van der Waals surface area contributed by atoms with E-state index in [2.05, 4.69) is 36.4 Å². The number of nitrogens with two attached hydrogens (primary N) is 1. The molecule has 5 rings (SSSR count). The van der Waals surface area contributed by atoms with Crippen molar-refractivity contribution in [3.8, 4) is 23.2 Å². The monoisotopic (exact) mass is 488 g/mol. The minimum atomic E-state index is 0.148. The number of rotatable bonds is 8. The molecule has 3 N–H and O–H groups in total. The Bertz CT molecular complexity index is 1390. The minimum Gasteiger partial charge on any atom is -0.493 e. The van der Waals surface area contributed by atoms with Crippen LogP contribution in [-0.2, 0) is 19.4 Å². The molecule has 1 aliphatic rings. The Labute approximate surface area is 208 Å². The standard InChI is InChI=1S/C25H28N8O3/c1-15-28-22(13-23(29-15)36-14-18-8-7-17-5-4-10-27-24(17)30-18)33-21(31-25(26)32-33)12-16-6-9-19(34-2)20(11-16)35-3/h6-9,11,13H,4-5,10,12,14H2,1-3H3,(H2,26,32)(H,27,30). The van der Waals surface area contributed by atoms with Crippen LogP contribution < -0.4 is 25.3 Å². The molecular weight excluding hydrogens is 460 g/mol. The summed E-state index contributed by atoms with van der Waals surface area (Å²) >= 11 is 0. The Morgan fingerprint density at radius 2 is 1.86 bits per heavy atom. The molecule has 0 saturated heterocycles. The maximum absolute atomic E-state index is 5.98. The summed E-state index contributed by atoms with van der Waals surface area (Å²) in [5, 5.41) is 7.71. The van der Waals surface area contributed by atoms with E-state index in [0.717, 1.165) is 36.5 Å². The summed E-state index contributed by atoms with van der Waals surface area (Å²) in [5.41, 5.74) is 8.97. The predicted molar refractivity (Wildman–Crippen MR) is 134 cm³/mol. The van der Waals surface area contributed by atoms with E-state index in [1.165, 1.54) is 5.56 Å². The number of nitrogen functional groups attached to an aromatic ring is 1. The first-order valence-electron chi connectivity index (χ1n) is 11.7. The van der Waals surface area contributed by atoms with E-state index >= 15 is 0 Å². The summed E-state index contributed by atoms with van der Waals surface area (Å²) in [5.74, 6) is 4.44.